The van der Waals surface area contributed by atoms with Crippen LogP contribution in [0.4, 0.5) is 4.79 Å². The molecule has 1 aromatic heterocycles. The third-order valence-corrected chi connectivity index (χ3v) is 4.88. The fraction of sp³-hybridized carbons (Fsp3) is 0.318. The summed E-state index contributed by atoms with van der Waals surface area (Å²) in [5, 5.41) is 3.88. The summed E-state index contributed by atoms with van der Waals surface area (Å²) in [4.78, 5) is 30.1. The lowest BCUT2D eigenvalue weighted by Crippen LogP contribution is -2.34. The molecule has 1 heterocycles. The number of benzene rings is 2. The zero-order valence-corrected chi connectivity index (χ0v) is 18.8. The van der Waals surface area contributed by atoms with Crippen molar-refractivity contribution in [1.29, 1.82) is 0 Å². The van der Waals surface area contributed by atoms with Gasteiger partial charge in [0.1, 0.15) is 11.4 Å². The summed E-state index contributed by atoms with van der Waals surface area (Å²) < 4.78 is 6.74. The van der Waals surface area contributed by atoms with Crippen LogP contribution in [-0.4, -0.2) is 27.8 Å². The van der Waals surface area contributed by atoms with Crippen molar-refractivity contribution in [2.75, 3.05) is 6.54 Å². The van der Waals surface area contributed by atoms with Crippen molar-refractivity contribution in [1.82, 2.24) is 14.9 Å². The first-order valence-electron chi connectivity index (χ1n) is 9.50. The second-order valence-corrected chi connectivity index (χ2v) is 8.76. The maximum Gasteiger partial charge on any atom is 0.407 e. The van der Waals surface area contributed by atoms with Crippen molar-refractivity contribution in [2.24, 2.45) is 0 Å². The number of carbonyl (C=O) groups excluding carboxylic acids is 1. The Morgan fingerprint density at radius 1 is 1.20 bits per heavy atom. The highest BCUT2D eigenvalue weighted by Gasteiger charge is 2.18. The Kier molecular flexibility index (Phi) is 6.38. The van der Waals surface area contributed by atoms with Gasteiger partial charge in [0, 0.05) is 18.0 Å². The Hall–Kier alpha value is -2.57. The molecule has 0 unspecified atom stereocenters. The quantitative estimate of drug-likeness (QED) is 0.605. The summed E-state index contributed by atoms with van der Waals surface area (Å²) >= 11 is 12.5. The van der Waals surface area contributed by atoms with Gasteiger partial charge in [-0.3, -0.25) is 9.36 Å². The Labute approximate surface area is 184 Å². The lowest BCUT2D eigenvalue weighted by molar-refractivity contribution is 0.0528. The highest BCUT2D eigenvalue weighted by Crippen LogP contribution is 2.24. The van der Waals surface area contributed by atoms with Gasteiger partial charge < -0.3 is 10.1 Å². The van der Waals surface area contributed by atoms with Gasteiger partial charge in [-0.25, -0.2) is 9.78 Å². The van der Waals surface area contributed by atoms with E-state index in [0.29, 0.717) is 38.9 Å². The molecule has 8 heteroatoms. The number of nitrogens with one attached hydrogen (secondary N) is 1. The van der Waals surface area contributed by atoms with Crippen LogP contribution in [0.15, 0.2) is 41.2 Å². The molecular weight excluding hydrogens is 425 g/mol. The van der Waals surface area contributed by atoms with Gasteiger partial charge in [0.15, 0.2) is 0 Å². The summed E-state index contributed by atoms with van der Waals surface area (Å²) in [5.41, 5.74) is 1.07. The lowest BCUT2D eigenvalue weighted by Gasteiger charge is -2.20. The molecule has 0 saturated heterocycles. The number of aromatic nitrogens is 2. The molecule has 0 spiro atoms. The zero-order chi connectivity index (χ0) is 22.1. The van der Waals surface area contributed by atoms with Crippen LogP contribution < -0.4 is 10.9 Å². The molecule has 0 aliphatic heterocycles. The molecule has 0 fully saturated rings. The van der Waals surface area contributed by atoms with E-state index in [4.69, 9.17) is 32.9 Å². The van der Waals surface area contributed by atoms with Crippen LogP contribution in [0.3, 0.4) is 0 Å². The molecular formula is C22H23Cl2N3O3. The second-order valence-electron chi connectivity index (χ2n) is 7.92. The van der Waals surface area contributed by atoms with Gasteiger partial charge in [-0.1, -0.05) is 35.3 Å². The van der Waals surface area contributed by atoms with Gasteiger partial charge in [-0.15, -0.1) is 0 Å². The molecule has 158 valence electrons. The number of amides is 1. The van der Waals surface area contributed by atoms with Crippen molar-refractivity contribution >= 4 is 40.2 Å². The number of ether oxygens (including phenoxy) is 1. The van der Waals surface area contributed by atoms with Gasteiger partial charge in [0.2, 0.25) is 0 Å². The van der Waals surface area contributed by atoms with Crippen molar-refractivity contribution in [2.45, 2.75) is 39.7 Å². The molecule has 0 aliphatic carbocycles. The molecule has 6 nitrogen and oxygen atoms in total. The molecule has 2 aromatic carbocycles. The minimum absolute atomic E-state index is 0.243. The Morgan fingerprint density at radius 2 is 1.93 bits per heavy atom. The summed E-state index contributed by atoms with van der Waals surface area (Å²) in [6.07, 6.45) is -0.220. The minimum atomic E-state index is -0.595. The number of halogens is 2. The summed E-state index contributed by atoms with van der Waals surface area (Å²) in [6, 6.07) is 10.5. The third kappa shape index (κ3) is 4.94. The van der Waals surface area contributed by atoms with E-state index in [2.05, 4.69) is 5.32 Å². The van der Waals surface area contributed by atoms with E-state index in [1.165, 1.54) is 4.57 Å². The van der Waals surface area contributed by atoms with Crippen LogP contribution in [0.2, 0.25) is 10.0 Å². The predicted molar refractivity (Wildman–Crippen MR) is 120 cm³/mol. The van der Waals surface area contributed by atoms with Gasteiger partial charge >= 0.3 is 6.09 Å². The number of hydrogen-bond donors (Lipinski definition) is 1. The van der Waals surface area contributed by atoms with E-state index < -0.39 is 11.7 Å². The van der Waals surface area contributed by atoms with Crippen molar-refractivity contribution in [3.63, 3.8) is 0 Å². The van der Waals surface area contributed by atoms with Crippen molar-refractivity contribution in [3.8, 4) is 5.69 Å². The maximum atomic E-state index is 13.4. The lowest BCUT2D eigenvalue weighted by atomic mass is 10.1. The molecule has 1 amide bonds. The van der Waals surface area contributed by atoms with Crippen molar-refractivity contribution < 1.29 is 9.53 Å². The Bertz CT molecular complexity index is 1170. The number of aryl methyl sites for hydroxylation is 1. The van der Waals surface area contributed by atoms with Crippen LogP contribution in [0.25, 0.3) is 16.6 Å². The van der Waals surface area contributed by atoms with Gasteiger partial charge in [-0.05, 0) is 57.5 Å². The summed E-state index contributed by atoms with van der Waals surface area (Å²) in [6.45, 7) is 7.49. The molecule has 0 bridgehead atoms. The number of rotatable bonds is 4. The average molecular weight is 448 g/mol. The van der Waals surface area contributed by atoms with E-state index in [0.717, 1.165) is 5.56 Å². The normalized spacial score (nSPS) is 11.5. The Morgan fingerprint density at radius 3 is 2.60 bits per heavy atom. The summed E-state index contributed by atoms with van der Waals surface area (Å²) in [7, 11) is 0. The van der Waals surface area contributed by atoms with Gasteiger partial charge in [-0.2, -0.15) is 0 Å². The SMILES string of the molecule is Cc1ccc(Cl)c2c(=O)n(-c3cccc(Cl)c3)c(CCNC(=O)OC(C)(C)C)nc12. The topological polar surface area (TPSA) is 73.2 Å². The molecule has 0 saturated carbocycles. The first-order chi connectivity index (χ1) is 14.1. The zero-order valence-electron chi connectivity index (χ0n) is 17.3. The number of nitrogens with zero attached hydrogens (tertiary/aromatic N) is 2. The third-order valence-electron chi connectivity index (χ3n) is 4.33. The molecule has 0 radical (unpaired) electrons. The van der Waals surface area contributed by atoms with Gasteiger partial charge in [0.05, 0.1) is 21.6 Å². The second kappa shape index (κ2) is 8.66. The monoisotopic (exact) mass is 447 g/mol. The summed E-state index contributed by atoms with van der Waals surface area (Å²) in [5.74, 6) is 0.483. The molecule has 0 aliphatic rings. The largest absolute Gasteiger partial charge is 0.444 e. The minimum Gasteiger partial charge on any atom is -0.444 e. The van der Waals surface area contributed by atoms with Crippen LogP contribution in [-0.2, 0) is 11.2 Å². The Balaban J connectivity index is 2.06. The number of alkyl carbamates (subject to hydrolysis) is 1. The van der Waals surface area contributed by atoms with Crippen LogP contribution in [0, 0.1) is 6.92 Å². The van der Waals surface area contributed by atoms with Crippen LogP contribution in [0.1, 0.15) is 32.2 Å². The first kappa shape index (κ1) is 22.1. The van der Waals surface area contributed by atoms with Crippen LogP contribution in [0.5, 0.6) is 0 Å². The molecule has 30 heavy (non-hydrogen) atoms. The average Bonchev–Trinajstić information content (AvgIpc) is 2.63. The van der Waals surface area contributed by atoms with E-state index in [1.54, 1.807) is 51.1 Å². The van der Waals surface area contributed by atoms with Crippen molar-refractivity contribution in [3.05, 3.63) is 68.2 Å². The smallest absolute Gasteiger partial charge is 0.407 e. The van der Waals surface area contributed by atoms with E-state index in [9.17, 15) is 9.59 Å². The molecule has 0 atom stereocenters. The van der Waals surface area contributed by atoms with E-state index in [1.807, 2.05) is 13.0 Å². The number of fused-ring (bicyclic) bond motifs is 1. The van der Waals surface area contributed by atoms with Crippen LogP contribution >= 0.6 is 23.2 Å². The molecule has 3 aromatic rings. The standard InChI is InChI=1S/C22H23Cl2N3O3/c1-13-8-9-16(24)18-19(13)26-17(10-11-25-21(29)30-22(2,3)4)27(20(18)28)15-7-5-6-14(23)12-15/h5-9,12H,10-11H2,1-4H3,(H,25,29). The number of carbonyl (C=O) groups is 1. The van der Waals surface area contributed by atoms with Gasteiger partial charge in [0.25, 0.3) is 5.56 Å². The fourth-order valence-corrected chi connectivity index (χ4v) is 3.48. The van der Waals surface area contributed by atoms with E-state index in [-0.39, 0.29) is 12.1 Å². The highest BCUT2D eigenvalue weighted by molar-refractivity contribution is 6.35. The molecule has 1 N–H and O–H groups in total. The predicted octanol–water partition coefficient (Wildman–Crippen LogP) is 5.07. The van der Waals surface area contributed by atoms with E-state index >= 15 is 0 Å². The first-order valence-corrected chi connectivity index (χ1v) is 10.3. The number of hydrogen-bond acceptors (Lipinski definition) is 4. The molecule has 3 rings (SSSR count). The highest BCUT2D eigenvalue weighted by atomic mass is 35.5. The fourth-order valence-electron chi connectivity index (χ4n) is 3.07. The maximum absolute atomic E-state index is 13.4.